The summed E-state index contributed by atoms with van der Waals surface area (Å²) in [6, 6.07) is 8.98. The number of hydrogen-bond donors (Lipinski definition) is 0. The summed E-state index contributed by atoms with van der Waals surface area (Å²) in [5, 5.41) is 0. The molecule has 2 nitrogen and oxygen atoms in total. The van der Waals surface area contributed by atoms with Crippen molar-refractivity contribution >= 4 is 5.97 Å². The van der Waals surface area contributed by atoms with Crippen LogP contribution < -0.4 is 4.74 Å². The van der Waals surface area contributed by atoms with Gasteiger partial charge in [-0.15, -0.1) is 0 Å². The molecular formula is C8H8O2Zr+2. The van der Waals surface area contributed by atoms with Gasteiger partial charge in [0.1, 0.15) is 5.75 Å². The maximum absolute atomic E-state index is 10.4. The van der Waals surface area contributed by atoms with Gasteiger partial charge in [-0.2, -0.15) is 0 Å². The third-order valence-corrected chi connectivity index (χ3v) is 1.00. The van der Waals surface area contributed by atoms with Gasteiger partial charge in [-0.1, -0.05) is 18.2 Å². The molecule has 11 heavy (non-hydrogen) atoms. The fourth-order valence-electron chi connectivity index (χ4n) is 0.655. The zero-order chi connectivity index (χ0) is 7.40. The molecule has 0 amide bonds. The summed E-state index contributed by atoms with van der Waals surface area (Å²) in [4.78, 5) is 10.4. The van der Waals surface area contributed by atoms with E-state index < -0.39 is 0 Å². The Balaban J connectivity index is 0.000001000. The summed E-state index contributed by atoms with van der Waals surface area (Å²) in [7, 11) is 0. The Bertz CT molecular complexity index is 221. The summed E-state index contributed by atoms with van der Waals surface area (Å²) >= 11 is 0. The van der Waals surface area contributed by atoms with E-state index >= 15 is 0 Å². The monoisotopic (exact) mass is 226 g/mol. The number of benzene rings is 1. The van der Waals surface area contributed by atoms with Crippen molar-refractivity contribution in [2.75, 3.05) is 0 Å². The Morgan fingerprint density at radius 2 is 1.82 bits per heavy atom. The third-order valence-electron chi connectivity index (χ3n) is 1.00. The minimum Gasteiger partial charge on any atom is -0.427 e. The van der Waals surface area contributed by atoms with Gasteiger partial charge >= 0.3 is 32.2 Å². The minimum atomic E-state index is -0.286. The van der Waals surface area contributed by atoms with Gasteiger partial charge in [0.25, 0.3) is 0 Å². The van der Waals surface area contributed by atoms with Gasteiger partial charge in [0.2, 0.25) is 0 Å². The predicted octanol–water partition coefficient (Wildman–Crippen LogP) is 1.61. The second-order valence-electron chi connectivity index (χ2n) is 1.91. The maximum Gasteiger partial charge on any atom is 2.00 e. The van der Waals surface area contributed by atoms with Crippen LogP contribution in [0.25, 0.3) is 0 Å². The van der Waals surface area contributed by atoms with Crippen LogP contribution in [0, 0.1) is 0 Å². The van der Waals surface area contributed by atoms with Crippen LogP contribution in [0.1, 0.15) is 6.92 Å². The van der Waals surface area contributed by atoms with Gasteiger partial charge < -0.3 is 4.74 Å². The van der Waals surface area contributed by atoms with Crippen LogP contribution >= 0.6 is 0 Å². The third kappa shape index (κ3) is 4.10. The second kappa shape index (κ2) is 5.25. The van der Waals surface area contributed by atoms with Crippen LogP contribution in [0.3, 0.4) is 0 Å². The van der Waals surface area contributed by atoms with Crippen molar-refractivity contribution in [1.29, 1.82) is 0 Å². The van der Waals surface area contributed by atoms with Gasteiger partial charge in [-0.3, -0.25) is 4.79 Å². The van der Waals surface area contributed by atoms with Crippen LogP contribution in [-0.4, -0.2) is 5.97 Å². The minimum absolute atomic E-state index is 0. The fourth-order valence-corrected chi connectivity index (χ4v) is 0.655. The molecule has 0 unspecified atom stereocenters. The van der Waals surface area contributed by atoms with Gasteiger partial charge in [0.05, 0.1) is 0 Å². The van der Waals surface area contributed by atoms with E-state index in [0.29, 0.717) is 5.75 Å². The second-order valence-corrected chi connectivity index (χ2v) is 1.91. The van der Waals surface area contributed by atoms with E-state index in [9.17, 15) is 4.79 Å². The number of ether oxygens (including phenoxy) is 1. The van der Waals surface area contributed by atoms with Crippen molar-refractivity contribution < 1.29 is 35.7 Å². The first-order valence-electron chi connectivity index (χ1n) is 3.02. The molecule has 1 rings (SSSR count). The summed E-state index contributed by atoms with van der Waals surface area (Å²) in [5.74, 6) is 0.307. The quantitative estimate of drug-likeness (QED) is 0.538. The Morgan fingerprint density at radius 1 is 1.27 bits per heavy atom. The van der Waals surface area contributed by atoms with E-state index in [2.05, 4.69) is 0 Å². The Hall–Kier alpha value is -0.427. The molecule has 0 aliphatic rings. The molecule has 0 atom stereocenters. The van der Waals surface area contributed by atoms with E-state index in [4.69, 9.17) is 4.74 Å². The smallest absolute Gasteiger partial charge is 0.427 e. The number of hydrogen-bond acceptors (Lipinski definition) is 2. The molecule has 0 aromatic heterocycles. The summed E-state index contributed by atoms with van der Waals surface area (Å²) < 4.78 is 4.78. The topological polar surface area (TPSA) is 26.3 Å². The molecule has 0 bridgehead atoms. The number of esters is 1. The Morgan fingerprint density at radius 3 is 2.27 bits per heavy atom. The SMILES string of the molecule is CC(=O)Oc1ccccc1.[Zr+2]. The standard InChI is InChI=1S/C8H8O2.Zr/c1-7(9)10-8-5-3-2-4-6-8;/h2-6H,1H3;/q;+2. The van der Waals surface area contributed by atoms with Crippen molar-refractivity contribution in [2.45, 2.75) is 6.92 Å². The first kappa shape index (κ1) is 10.6. The molecule has 1 aromatic carbocycles. The number of carbonyl (C=O) groups is 1. The van der Waals surface area contributed by atoms with Crippen LogP contribution in [0.5, 0.6) is 5.75 Å². The van der Waals surface area contributed by atoms with E-state index in [0.717, 1.165) is 0 Å². The molecule has 1 aromatic rings. The van der Waals surface area contributed by atoms with Crippen molar-refractivity contribution in [3.05, 3.63) is 30.3 Å². The van der Waals surface area contributed by atoms with Crippen molar-refractivity contribution in [1.82, 2.24) is 0 Å². The van der Waals surface area contributed by atoms with Crippen LogP contribution in [0.4, 0.5) is 0 Å². The molecule has 0 spiro atoms. The molecule has 0 heterocycles. The molecule has 3 heteroatoms. The normalized spacial score (nSPS) is 8.09. The van der Waals surface area contributed by atoms with E-state index in [1.54, 1.807) is 12.1 Å². The van der Waals surface area contributed by atoms with E-state index in [1.807, 2.05) is 18.2 Å². The Labute approximate surface area is 84.7 Å². The summed E-state index contributed by atoms with van der Waals surface area (Å²) in [6.07, 6.45) is 0. The number of rotatable bonds is 1. The molecular weight excluding hydrogens is 219 g/mol. The van der Waals surface area contributed by atoms with Crippen LogP contribution in [0.15, 0.2) is 30.3 Å². The van der Waals surface area contributed by atoms with Crippen LogP contribution in [0.2, 0.25) is 0 Å². The van der Waals surface area contributed by atoms with Crippen molar-refractivity contribution in [3.63, 3.8) is 0 Å². The molecule has 0 radical (unpaired) electrons. The predicted molar refractivity (Wildman–Crippen MR) is 37.8 cm³/mol. The van der Waals surface area contributed by atoms with E-state index in [-0.39, 0.29) is 32.2 Å². The van der Waals surface area contributed by atoms with Gasteiger partial charge in [0, 0.05) is 6.92 Å². The van der Waals surface area contributed by atoms with Crippen molar-refractivity contribution in [3.8, 4) is 5.75 Å². The molecule has 0 N–H and O–H groups in total. The van der Waals surface area contributed by atoms with Gasteiger partial charge in [0.15, 0.2) is 0 Å². The van der Waals surface area contributed by atoms with Gasteiger partial charge in [-0.05, 0) is 12.1 Å². The number of para-hydroxylation sites is 1. The zero-order valence-electron chi connectivity index (χ0n) is 6.20. The van der Waals surface area contributed by atoms with Crippen LogP contribution in [-0.2, 0) is 31.0 Å². The summed E-state index contributed by atoms with van der Waals surface area (Å²) in [5.41, 5.74) is 0. The largest absolute Gasteiger partial charge is 2.00 e. The molecule has 0 saturated heterocycles. The average Bonchev–Trinajstić information content (AvgIpc) is 1.88. The molecule has 0 aliphatic heterocycles. The molecule has 0 saturated carbocycles. The van der Waals surface area contributed by atoms with Crippen molar-refractivity contribution in [2.24, 2.45) is 0 Å². The van der Waals surface area contributed by atoms with Gasteiger partial charge in [-0.25, -0.2) is 0 Å². The molecule has 54 valence electrons. The number of carbonyl (C=O) groups excluding carboxylic acids is 1. The van der Waals surface area contributed by atoms with E-state index in [1.165, 1.54) is 6.92 Å². The fraction of sp³-hybridized carbons (Fsp3) is 0.125. The average molecular weight is 227 g/mol. The first-order valence-corrected chi connectivity index (χ1v) is 3.02. The summed E-state index contributed by atoms with van der Waals surface area (Å²) in [6.45, 7) is 1.38. The maximum atomic E-state index is 10.4. The zero-order valence-corrected chi connectivity index (χ0v) is 8.66. The Kier molecular flexibility index (Phi) is 5.05. The molecule has 0 fully saturated rings. The molecule has 0 aliphatic carbocycles. The first-order chi connectivity index (χ1) is 4.79.